The summed E-state index contributed by atoms with van der Waals surface area (Å²) in [5, 5.41) is -0.735. The summed E-state index contributed by atoms with van der Waals surface area (Å²) in [5.41, 5.74) is 0.572. The van der Waals surface area contributed by atoms with Crippen molar-refractivity contribution in [3.8, 4) is 11.5 Å². The van der Waals surface area contributed by atoms with Gasteiger partial charge in [-0.15, -0.1) is 23.2 Å². The summed E-state index contributed by atoms with van der Waals surface area (Å²) in [4.78, 5) is 33.7. The van der Waals surface area contributed by atoms with Gasteiger partial charge < -0.3 is 9.47 Å². The van der Waals surface area contributed by atoms with Gasteiger partial charge in [0, 0.05) is 5.56 Å². The molecule has 0 aliphatic carbocycles. The van der Waals surface area contributed by atoms with Crippen LogP contribution in [0.4, 0.5) is 0 Å². The zero-order valence-corrected chi connectivity index (χ0v) is 12.5. The van der Waals surface area contributed by atoms with E-state index >= 15 is 0 Å². The van der Waals surface area contributed by atoms with Crippen LogP contribution < -0.4 is 9.47 Å². The van der Waals surface area contributed by atoms with Crippen LogP contribution in [0, 0.1) is 6.92 Å². The fourth-order valence-electron chi connectivity index (χ4n) is 1.33. The molecule has 8 heteroatoms. The maximum absolute atomic E-state index is 11.2. The van der Waals surface area contributed by atoms with Crippen LogP contribution in [0.2, 0.25) is 0 Å². The summed E-state index contributed by atoms with van der Waals surface area (Å²) in [6.07, 6.45) is 0. The van der Waals surface area contributed by atoms with Crippen LogP contribution in [0.1, 0.15) is 15.9 Å². The van der Waals surface area contributed by atoms with Crippen molar-refractivity contribution in [2.45, 2.75) is 6.92 Å². The zero-order chi connectivity index (χ0) is 15.3. The van der Waals surface area contributed by atoms with Gasteiger partial charge in [0.25, 0.3) is 5.24 Å². The van der Waals surface area contributed by atoms with Crippen molar-refractivity contribution in [2.24, 2.45) is 0 Å². The van der Waals surface area contributed by atoms with E-state index in [0.717, 1.165) is 0 Å². The minimum absolute atomic E-state index is 0.0479. The molecule has 0 heterocycles. The Morgan fingerprint density at radius 2 is 1.45 bits per heavy atom. The summed E-state index contributed by atoms with van der Waals surface area (Å²) in [5.74, 6) is -2.47. The first kappa shape index (κ1) is 16.8. The predicted octanol–water partition coefficient (Wildman–Crippen LogP) is 2.66. The van der Waals surface area contributed by atoms with Crippen LogP contribution in [-0.2, 0) is 9.59 Å². The molecule has 0 saturated heterocycles. The Morgan fingerprint density at radius 1 is 1.00 bits per heavy atom. The highest BCUT2D eigenvalue weighted by Crippen LogP contribution is 2.32. The van der Waals surface area contributed by atoms with Crippen molar-refractivity contribution in [1.29, 1.82) is 0 Å². The Morgan fingerprint density at radius 3 is 1.85 bits per heavy atom. The number of halogens is 3. The molecule has 5 nitrogen and oxygen atoms in total. The van der Waals surface area contributed by atoms with E-state index in [4.69, 9.17) is 44.3 Å². The summed E-state index contributed by atoms with van der Waals surface area (Å²) < 4.78 is 9.79. The maximum Gasteiger partial charge on any atom is 0.326 e. The number of carbonyl (C=O) groups is 3. The molecule has 0 aliphatic rings. The molecule has 0 N–H and O–H groups in total. The Kier molecular flexibility index (Phi) is 6.26. The van der Waals surface area contributed by atoms with Gasteiger partial charge in [-0.05, 0) is 36.2 Å². The SMILES string of the molecule is Cc1cc(OC(=O)CCl)c(OC(=O)CCl)cc1C(=O)Cl. The topological polar surface area (TPSA) is 69.7 Å². The smallest absolute Gasteiger partial charge is 0.326 e. The summed E-state index contributed by atoms with van der Waals surface area (Å²) >= 11 is 16.1. The van der Waals surface area contributed by atoms with E-state index in [1.807, 2.05) is 0 Å². The van der Waals surface area contributed by atoms with E-state index in [0.29, 0.717) is 5.56 Å². The van der Waals surface area contributed by atoms with Crippen molar-refractivity contribution in [2.75, 3.05) is 11.8 Å². The molecule has 1 aromatic rings. The van der Waals surface area contributed by atoms with Crippen LogP contribution in [0.15, 0.2) is 12.1 Å². The average molecular weight is 340 g/mol. The van der Waals surface area contributed by atoms with E-state index in [2.05, 4.69) is 0 Å². The number of alkyl halides is 2. The summed E-state index contributed by atoms with van der Waals surface area (Å²) in [7, 11) is 0. The normalized spacial score (nSPS) is 10.0. The van der Waals surface area contributed by atoms with Crippen LogP contribution in [-0.4, -0.2) is 28.9 Å². The highest BCUT2D eigenvalue weighted by Gasteiger charge is 2.18. The van der Waals surface area contributed by atoms with E-state index in [-0.39, 0.29) is 22.9 Å². The van der Waals surface area contributed by atoms with E-state index < -0.39 is 23.1 Å². The zero-order valence-electron chi connectivity index (χ0n) is 10.2. The quantitative estimate of drug-likeness (QED) is 0.357. The number of hydrogen-bond acceptors (Lipinski definition) is 5. The molecule has 0 atom stereocenters. The van der Waals surface area contributed by atoms with Crippen LogP contribution in [0.25, 0.3) is 0 Å². The lowest BCUT2D eigenvalue weighted by molar-refractivity contribution is -0.134. The molecule has 0 spiro atoms. The Bertz CT molecular complexity index is 556. The first-order valence-electron chi connectivity index (χ1n) is 5.26. The number of rotatable bonds is 5. The second-order valence-corrected chi connectivity index (χ2v) is 4.48. The third-order valence-electron chi connectivity index (χ3n) is 2.17. The number of carbonyl (C=O) groups excluding carboxylic acids is 3. The largest absolute Gasteiger partial charge is 0.422 e. The van der Waals surface area contributed by atoms with Crippen molar-refractivity contribution < 1.29 is 23.9 Å². The second kappa shape index (κ2) is 7.47. The van der Waals surface area contributed by atoms with Crippen LogP contribution in [0.3, 0.4) is 0 Å². The van der Waals surface area contributed by atoms with Gasteiger partial charge in [-0.1, -0.05) is 0 Å². The number of benzene rings is 1. The molecule has 20 heavy (non-hydrogen) atoms. The number of hydrogen-bond donors (Lipinski definition) is 0. The van der Waals surface area contributed by atoms with Gasteiger partial charge >= 0.3 is 11.9 Å². The molecule has 0 saturated carbocycles. The van der Waals surface area contributed by atoms with Crippen LogP contribution >= 0.6 is 34.8 Å². The molecule has 1 aromatic carbocycles. The van der Waals surface area contributed by atoms with E-state index in [1.54, 1.807) is 6.92 Å². The fraction of sp³-hybridized carbons (Fsp3) is 0.250. The highest BCUT2D eigenvalue weighted by atomic mass is 35.5. The molecule has 0 amide bonds. The molecule has 0 aromatic heterocycles. The molecule has 1 rings (SSSR count). The van der Waals surface area contributed by atoms with Gasteiger partial charge in [0.1, 0.15) is 11.8 Å². The lowest BCUT2D eigenvalue weighted by Gasteiger charge is -2.12. The first-order chi connectivity index (χ1) is 9.38. The third kappa shape index (κ3) is 4.37. The first-order valence-corrected chi connectivity index (χ1v) is 6.71. The number of ether oxygens (including phenoxy) is 2. The molecule has 0 bridgehead atoms. The van der Waals surface area contributed by atoms with E-state index in [9.17, 15) is 14.4 Å². The predicted molar refractivity (Wildman–Crippen MR) is 74.1 cm³/mol. The van der Waals surface area contributed by atoms with Crippen molar-refractivity contribution in [1.82, 2.24) is 0 Å². The van der Waals surface area contributed by atoms with Gasteiger partial charge in [-0.3, -0.25) is 14.4 Å². The minimum Gasteiger partial charge on any atom is -0.422 e. The van der Waals surface area contributed by atoms with Crippen LogP contribution in [0.5, 0.6) is 11.5 Å². The number of aryl methyl sites for hydroxylation is 1. The average Bonchev–Trinajstić information content (AvgIpc) is 2.40. The standard InChI is InChI=1S/C12H9Cl3O5/c1-6-2-8(19-10(16)4-13)9(20-11(17)5-14)3-7(6)12(15)18/h2-3H,4-5H2,1H3. The Labute approximate surface area is 129 Å². The van der Waals surface area contributed by atoms with Gasteiger partial charge in [0.15, 0.2) is 11.5 Å². The molecule has 0 radical (unpaired) electrons. The van der Waals surface area contributed by atoms with Crippen molar-refractivity contribution >= 4 is 52.0 Å². The van der Waals surface area contributed by atoms with Gasteiger partial charge in [0.05, 0.1) is 0 Å². The monoisotopic (exact) mass is 338 g/mol. The van der Waals surface area contributed by atoms with Gasteiger partial charge in [-0.25, -0.2) is 0 Å². The molecule has 0 aliphatic heterocycles. The van der Waals surface area contributed by atoms with Crippen molar-refractivity contribution in [3.63, 3.8) is 0 Å². The number of esters is 2. The third-order valence-corrected chi connectivity index (χ3v) is 2.81. The lowest BCUT2D eigenvalue weighted by atomic mass is 10.1. The summed E-state index contributed by atoms with van der Waals surface area (Å²) in [6.45, 7) is 1.58. The van der Waals surface area contributed by atoms with Gasteiger partial charge in [0.2, 0.25) is 0 Å². The highest BCUT2D eigenvalue weighted by molar-refractivity contribution is 6.68. The second-order valence-electron chi connectivity index (χ2n) is 3.60. The van der Waals surface area contributed by atoms with E-state index in [1.165, 1.54) is 12.1 Å². The maximum atomic E-state index is 11.2. The molecular formula is C12H9Cl3O5. The molecule has 108 valence electrons. The lowest BCUT2D eigenvalue weighted by Crippen LogP contribution is -2.14. The Balaban J connectivity index is 3.25. The van der Waals surface area contributed by atoms with Crippen molar-refractivity contribution in [3.05, 3.63) is 23.3 Å². The molecule has 0 unspecified atom stereocenters. The molecule has 0 fully saturated rings. The minimum atomic E-state index is -0.772. The van der Waals surface area contributed by atoms with Gasteiger partial charge in [-0.2, -0.15) is 0 Å². The Hall–Kier alpha value is -1.30. The summed E-state index contributed by atoms with van der Waals surface area (Å²) in [6, 6.07) is 2.54. The molecular weight excluding hydrogens is 330 g/mol. The fourth-order valence-corrected chi connectivity index (χ4v) is 1.65.